The summed E-state index contributed by atoms with van der Waals surface area (Å²) in [5.41, 5.74) is 12.5. The lowest BCUT2D eigenvalue weighted by atomic mass is 10.0. The molecule has 0 spiro atoms. The lowest BCUT2D eigenvalue weighted by Gasteiger charge is -2.32. The number of nitrogen functional groups attached to an aromatic ring is 1. The first-order valence-electron chi connectivity index (χ1n) is 12.0. The fourth-order valence-electron chi connectivity index (χ4n) is 3.98. The number of nitrogens with two attached hydrogens (primary N) is 2. The van der Waals surface area contributed by atoms with Crippen LogP contribution in [0.2, 0.25) is 0 Å². The van der Waals surface area contributed by atoms with Crippen LogP contribution in [0, 0.1) is 5.82 Å². The van der Waals surface area contributed by atoms with Gasteiger partial charge in [0.1, 0.15) is 22.5 Å². The number of aromatic nitrogens is 1. The molecule has 0 radical (unpaired) electrons. The van der Waals surface area contributed by atoms with Gasteiger partial charge in [0.15, 0.2) is 5.69 Å². The number of anilines is 2. The van der Waals surface area contributed by atoms with Crippen molar-refractivity contribution in [1.29, 1.82) is 0 Å². The molecule has 3 amide bonds. The van der Waals surface area contributed by atoms with Gasteiger partial charge in [-0.15, -0.1) is 0 Å². The van der Waals surface area contributed by atoms with Crippen LogP contribution in [0.4, 0.5) is 15.8 Å². The van der Waals surface area contributed by atoms with Crippen LogP contribution >= 0.6 is 11.5 Å². The second-order valence-electron chi connectivity index (χ2n) is 8.37. The van der Waals surface area contributed by atoms with Gasteiger partial charge in [0.25, 0.3) is 11.8 Å². The zero-order valence-corrected chi connectivity index (χ0v) is 21.8. The predicted molar refractivity (Wildman–Crippen MR) is 147 cm³/mol. The van der Waals surface area contributed by atoms with E-state index in [-0.39, 0.29) is 35.1 Å². The second kappa shape index (κ2) is 12.2. The molecule has 0 aliphatic rings. The van der Waals surface area contributed by atoms with Crippen molar-refractivity contribution in [2.75, 3.05) is 17.2 Å². The fourth-order valence-corrected chi connectivity index (χ4v) is 4.72. The van der Waals surface area contributed by atoms with Gasteiger partial charge >= 0.3 is 0 Å². The van der Waals surface area contributed by atoms with Crippen molar-refractivity contribution in [1.82, 2.24) is 9.69 Å². The largest absolute Gasteiger partial charge is 0.492 e. The molecule has 1 heterocycles. The summed E-state index contributed by atoms with van der Waals surface area (Å²) >= 11 is 0.692. The van der Waals surface area contributed by atoms with Crippen molar-refractivity contribution in [2.45, 2.75) is 19.5 Å². The summed E-state index contributed by atoms with van der Waals surface area (Å²) in [6.45, 7) is 2.25. The fraction of sp³-hybridized carbons (Fsp3) is 0.143. The highest BCUT2D eigenvalue weighted by molar-refractivity contribution is 7.09. The molecule has 0 fully saturated rings. The Morgan fingerprint density at radius 2 is 1.69 bits per heavy atom. The number of amides is 3. The van der Waals surface area contributed by atoms with E-state index in [0.717, 1.165) is 5.56 Å². The average Bonchev–Trinajstić information content (AvgIpc) is 3.33. The minimum atomic E-state index is -1.28. The quantitative estimate of drug-likeness (QED) is 0.273. The van der Waals surface area contributed by atoms with Crippen LogP contribution in [0.1, 0.15) is 44.3 Å². The number of nitrogens with zero attached hydrogens (tertiary/aromatic N) is 2. The molecule has 4 aromatic rings. The number of hydrogen-bond donors (Lipinski definition) is 3. The number of para-hydroxylation sites is 2. The third-order valence-corrected chi connectivity index (χ3v) is 6.65. The molecule has 0 aliphatic carbocycles. The van der Waals surface area contributed by atoms with E-state index >= 15 is 0 Å². The lowest BCUT2D eigenvalue weighted by Crippen LogP contribution is -2.44. The second-order valence-corrected chi connectivity index (χ2v) is 9.15. The topological polar surface area (TPSA) is 141 Å². The first-order chi connectivity index (χ1) is 18.8. The molecule has 1 aromatic heterocycles. The maximum atomic E-state index is 14.2. The van der Waals surface area contributed by atoms with Gasteiger partial charge in [0, 0.05) is 6.54 Å². The number of rotatable bonds is 10. The van der Waals surface area contributed by atoms with E-state index in [0.29, 0.717) is 22.8 Å². The van der Waals surface area contributed by atoms with E-state index in [2.05, 4.69) is 9.69 Å². The third kappa shape index (κ3) is 6.04. The molecule has 4 rings (SSSR count). The minimum absolute atomic E-state index is 0.0851. The van der Waals surface area contributed by atoms with Gasteiger partial charge in [-0.05, 0) is 53.8 Å². The van der Waals surface area contributed by atoms with E-state index in [9.17, 15) is 18.8 Å². The molecule has 0 unspecified atom stereocenters. The zero-order valence-electron chi connectivity index (χ0n) is 21.0. The van der Waals surface area contributed by atoms with Crippen molar-refractivity contribution in [3.63, 3.8) is 0 Å². The van der Waals surface area contributed by atoms with Crippen LogP contribution in [0.5, 0.6) is 5.75 Å². The van der Waals surface area contributed by atoms with E-state index in [1.54, 1.807) is 31.2 Å². The van der Waals surface area contributed by atoms with Gasteiger partial charge in [-0.3, -0.25) is 19.3 Å². The zero-order chi connectivity index (χ0) is 27.9. The van der Waals surface area contributed by atoms with Gasteiger partial charge in [0.2, 0.25) is 5.91 Å². The van der Waals surface area contributed by atoms with E-state index in [1.807, 2.05) is 30.3 Å². The van der Waals surface area contributed by atoms with Gasteiger partial charge in [-0.1, -0.05) is 54.6 Å². The Morgan fingerprint density at radius 1 is 1.03 bits per heavy atom. The van der Waals surface area contributed by atoms with Crippen LogP contribution < -0.4 is 26.4 Å². The van der Waals surface area contributed by atoms with Gasteiger partial charge in [-0.2, -0.15) is 4.37 Å². The maximum Gasteiger partial charge on any atom is 0.273 e. The van der Waals surface area contributed by atoms with Crippen LogP contribution in [-0.2, 0) is 11.3 Å². The summed E-state index contributed by atoms with van der Waals surface area (Å²) in [6.07, 6.45) is 0. The van der Waals surface area contributed by atoms with E-state index in [1.165, 1.54) is 29.2 Å². The van der Waals surface area contributed by atoms with Gasteiger partial charge < -0.3 is 21.5 Å². The highest BCUT2D eigenvalue weighted by Gasteiger charge is 2.37. The first-order valence-corrected chi connectivity index (χ1v) is 12.8. The molecule has 39 heavy (non-hydrogen) atoms. The van der Waals surface area contributed by atoms with Crippen LogP contribution in [-0.4, -0.2) is 28.7 Å². The Hall–Kier alpha value is -4.77. The van der Waals surface area contributed by atoms with Crippen LogP contribution in [0.15, 0.2) is 78.9 Å². The maximum absolute atomic E-state index is 14.2. The lowest BCUT2D eigenvalue weighted by molar-refractivity contribution is -0.122. The monoisotopic (exact) mass is 547 g/mol. The summed E-state index contributed by atoms with van der Waals surface area (Å²) in [5.74, 6) is -2.32. The van der Waals surface area contributed by atoms with Gasteiger partial charge in [0.05, 0.1) is 18.0 Å². The molecular formula is C28H26FN5O4S. The molecule has 5 N–H and O–H groups in total. The molecule has 0 bridgehead atoms. The number of halogens is 1. The minimum Gasteiger partial charge on any atom is -0.492 e. The highest BCUT2D eigenvalue weighted by Crippen LogP contribution is 2.38. The molecule has 11 heteroatoms. The molecule has 200 valence electrons. The van der Waals surface area contributed by atoms with Gasteiger partial charge in [-0.25, -0.2) is 4.39 Å². The normalized spacial score (nSPS) is 11.4. The van der Waals surface area contributed by atoms with E-state index in [4.69, 9.17) is 16.2 Å². The number of nitrogens with one attached hydrogen (secondary N) is 1. The number of benzene rings is 3. The molecular weight excluding hydrogens is 521 g/mol. The first kappa shape index (κ1) is 27.3. The molecule has 1 atom stereocenters. The molecule has 3 aromatic carbocycles. The van der Waals surface area contributed by atoms with E-state index < -0.39 is 29.6 Å². The number of ether oxygens (including phenoxy) is 1. The van der Waals surface area contributed by atoms with Crippen molar-refractivity contribution in [3.05, 3.63) is 106 Å². The average molecular weight is 548 g/mol. The van der Waals surface area contributed by atoms with Crippen molar-refractivity contribution in [2.24, 2.45) is 5.73 Å². The molecule has 0 aliphatic heterocycles. The standard InChI is InChI=1S/C28H26FN5O4S/c1-2-38-21-11-7-6-10-20(21)34(28(37)25-22(30)23(26(31)35)33-39-25)24(18-12-14-19(29)15-13-18)27(36)32-16-17-8-4-3-5-9-17/h3-15,24H,2,16,30H2,1H3,(H2,31,35)(H,32,36)/t24-/m0/s1. The SMILES string of the molecule is CCOc1ccccc1N(C(=O)c1snc(C(N)=O)c1N)[C@H](C(=O)NCc1ccccc1)c1ccc(F)cc1. The Labute approximate surface area is 228 Å². The molecule has 0 saturated heterocycles. The summed E-state index contributed by atoms with van der Waals surface area (Å²) in [6, 6.07) is 19.9. The number of carbonyl (C=O) groups is 3. The Balaban J connectivity index is 1.87. The number of carbonyl (C=O) groups excluding carboxylic acids is 3. The Morgan fingerprint density at radius 3 is 2.33 bits per heavy atom. The summed E-state index contributed by atoms with van der Waals surface area (Å²) in [4.78, 5) is 41.0. The Bertz CT molecular complexity index is 1480. The summed E-state index contributed by atoms with van der Waals surface area (Å²) in [7, 11) is 0. The summed E-state index contributed by atoms with van der Waals surface area (Å²) in [5, 5.41) is 2.87. The van der Waals surface area contributed by atoms with Crippen LogP contribution in [0.3, 0.4) is 0 Å². The predicted octanol–water partition coefficient (Wildman–Crippen LogP) is 4.07. The smallest absolute Gasteiger partial charge is 0.273 e. The molecule has 0 saturated carbocycles. The Kier molecular flexibility index (Phi) is 8.52. The van der Waals surface area contributed by atoms with Crippen molar-refractivity contribution in [3.8, 4) is 5.75 Å². The van der Waals surface area contributed by atoms with Crippen molar-refractivity contribution < 1.29 is 23.5 Å². The molecule has 9 nitrogen and oxygen atoms in total. The highest BCUT2D eigenvalue weighted by atomic mass is 32.1. The summed E-state index contributed by atoms with van der Waals surface area (Å²) < 4.78 is 23.6. The van der Waals surface area contributed by atoms with Crippen molar-refractivity contribution >= 4 is 40.6 Å². The number of primary amides is 1. The number of hydrogen-bond acceptors (Lipinski definition) is 7. The van der Waals surface area contributed by atoms with Crippen LogP contribution in [0.25, 0.3) is 0 Å². The third-order valence-electron chi connectivity index (χ3n) is 5.80.